The molecule has 0 bridgehead atoms. The fourth-order valence-electron chi connectivity index (χ4n) is 1.86. The highest BCUT2D eigenvalue weighted by molar-refractivity contribution is 5.81. The molecule has 1 aromatic rings. The second kappa shape index (κ2) is 5.30. The van der Waals surface area contributed by atoms with Gasteiger partial charge in [0.15, 0.2) is 6.10 Å². The third-order valence-electron chi connectivity index (χ3n) is 2.85. The summed E-state index contributed by atoms with van der Waals surface area (Å²) < 4.78 is 5.49. The Hall–Kier alpha value is -1.69. The summed E-state index contributed by atoms with van der Waals surface area (Å²) in [5.41, 5.74) is 0.918. The summed E-state index contributed by atoms with van der Waals surface area (Å²) in [6, 6.07) is 1.85. The molecule has 1 saturated heterocycles. The summed E-state index contributed by atoms with van der Waals surface area (Å²) in [6.45, 7) is 3.65. The molecule has 1 amide bonds. The second-order valence-electron chi connectivity index (χ2n) is 4.54. The van der Waals surface area contributed by atoms with Gasteiger partial charge in [0, 0.05) is 32.5 Å². The Morgan fingerprint density at radius 2 is 2.33 bits per heavy atom. The summed E-state index contributed by atoms with van der Waals surface area (Å²) >= 11 is 0. The minimum Gasteiger partial charge on any atom is -0.365 e. The highest BCUT2D eigenvalue weighted by Crippen LogP contribution is 2.13. The number of hydrogen-bond donors (Lipinski definition) is 0. The zero-order valence-electron chi connectivity index (χ0n) is 11.0. The molecule has 2 heterocycles. The highest BCUT2D eigenvalue weighted by atomic mass is 16.5. The van der Waals surface area contributed by atoms with Crippen molar-refractivity contribution in [2.75, 3.05) is 38.7 Å². The first-order valence-corrected chi connectivity index (χ1v) is 5.95. The van der Waals surface area contributed by atoms with Crippen LogP contribution in [0.15, 0.2) is 12.3 Å². The Bertz CT molecular complexity index is 436. The molecule has 1 atom stereocenters. The molecule has 2 rings (SSSR count). The number of rotatable bonds is 2. The van der Waals surface area contributed by atoms with Crippen LogP contribution in [-0.4, -0.2) is 60.7 Å². The molecular formula is C12H18N4O2. The van der Waals surface area contributed by atoms with E-state index in [0.717, 1.165) is 5.69 Å². The molecule has 1 aliphatic heterocycles. The number of nitrogens with zero attached hydrogens (tertiary/aromatic N) is 4. The standard InChI is InChI=1S/C12H18N4O2/c1-9-4-5-13-12(14-9)16-6-7-18-10(8-16)11(17)15(2)3/h4-5,10H,6-8H2,1-3H3. The molecule has 6 nitrogen and oxygen atoms in total. The van der Waals surface area contributed by atoms with Crippen molar-refractivity contribution in [3.8, 4) is 0 Å². The summed E-state index contributed by atoms with van der Waals surface area (Å²) in [7, 11) is 3.46. The second-order valence-corrected chi connectivity index (χ2v) is 4.54. The van der Waals surface area contributed by atoms with Crippen molar-refractivity contribution in [1.29, 1.82) is 0 Å². The largest absolute Gasteiger partial charge is 0.365 e. The Morgan fingerprint density at radius 1 is 1.56 bits per heavy atom. The normalized spacial score (nSPS) is 19.7. The van der Waals surface area contributed by atoms with Gasteiger partial charge in [0.05, 0.1) is 13.2 Å². The monoisotopic (exact) mass is 250 g/mol. The van der Waals surface area contributed by atoms with Gasteiger partial charge in [-0.3, -0.25) is 4.79 Å². The van der Waals surface area contributed by atoms with Crippen molar-refractivity contribution in [3.05, 3.63) is 18.0 Å². The molecule has 0 aliphatic carbocycles. The Morgan fingerprint density at radius 3 is 3.00 bits per heavy atom. The van der Waals surface area contributed by atoms with Gasteiger partial charge in [-0.15, -0.1) is 0 Å². The van der Waals surface area contributed by atoms with E-state index in [4.69, 9.17) is 4.74 Å². The zero-order chi connectivity index (χ0) is 13.1. The number of aryl methyl sites for hydroxylation is 1. The van der Waals surface area contributed by atoms with E-state index in [1.165, 1.54) is 0 Å². The lowest BCUT2D eigenvalue weighted by Gasteiger charge is -2.33. The van der Waals surface area contributed by atoms with Crippen LogP contribution in [-0.2, 0) is 9.53 Å². The molecule has 0 N–H and O–H groups in total. The average Bonchev–Trinajstić information content (AvgIpc) is 2.38. The third kappa shape index (κ3) is 2.76. The quantitative estimate of drug-likeness (QED) is 0.744. The van der Waals surface area contributed by atoms with Crippen LogP contribution in [0.4, 0.5) is 5.95 Å². The predicted octanol–water partition coefficient (Wildman–Crippen LogP) is 0.0784. The van der Waals surface area contributed by atoms with Crippen LogP contribution < -0.4 is 4.90 Å². The van der Waals surface area contributed by atoms with E-state index in [1.54, 1.807) is 25.2 Å². The summed E-state index contributed by atoms with van der Waals surface area (Å²) in [6.07, 6.45) is 1.30. The van der Waals surface area contributed by atoms with Crippen LogP contribution in [0, 0.1) is 6.92 Å². The molecule has 1 fully saturated rings. The van der Waals surface area contributed by atoms with Gasteiger partial charge >= 0.3 is 0 Å². The molecular weight excluding hydrogens is 232 g/mol. The maximum atomic E-state index is 11.9. The lowest BCUT2D eigenvalue weighted by molar-refractivity contribution is -0.141. The van der Waals surface area contributed by atoms with Crippen LogP contribution in [0.2, 0.25) is 0 Å². The van der Waals surface area contributed by atoms with Crippen molar-refractivity contribution in [3.63, 3.8) is 0 Å². The molecule has 1 unspecified atom stereocenters. The first-order chi connectivity index (χ1) is 8.58. The van der Waals surface area contributed by atoms with Crippen LogP contribution in [0.1, 0.15) is 5.69 Å². The molecule has 0 aromatic carbocycles. The summed E-state index contributed by atoms with van der Waals surface area (Å²) in [5.74, 6) is 0.641. The molecule has 1 aliphatic rings. The summed E-state index contributed by atoms with van der Waals surface area (Å²) in [5, 5.41) is 0. The first kappa shape index (κ1) is 12.8. The number of anilines is 1. The van der Waals surface area contributed by atoms with Gasteiger partial charge in [0.1, 0.15) is 0 Å². The number of hydrogen-bond acceptors (Lipinski definition) is 5. The topological polar surface area (TPSA) is 58.6 Å². The highest BCUT2D eigenvalue weighted by Gasteiger charge is 2.28. The van der Waals surface area contributed by atoms with E-state index in [9.17, 15) is 4.79 Å². The number of amides is 1. The van der Waals surface area contributed by atoms with Gasteiger partial charge in [0.2, 0.25) is 5.95 Å². The smallest absolute Gasteiger partial charge is 0.253 e. The lowest BCUT2D eigenvalue weighted by Crippen LogP contribution is -2.50. The fourth-order valence-corrected chi connectivity index (χ4v) is 1.86. The van der Waals surface area contributed by atoms with Crippen molar-refractivity contribution >= 4 is 11.9 Å². The van der Waals surface area contributed by atoms with E-state index >= 15 is 0 Å². The third-order valence-corrected chi connectivity index (χ3v) is 2.85. The van der Waals surface area contributed by atoms with Crippen molar-refractivity contribution in [1.82, 2.24) is 14.9 Å². The van der Waals surface area contributed by atoms with Gasteiger partial charge in [-0.25, -0.2) is 9.97 Å². The molecule has 98 valence electrons. The number of ether oxygens (including phenoxy) is 1. The first-order valence-electron chi connectivity index (χ1n) is 5.95. The number of likely N-dealkylation sites (N-methyl/N-ethyl adjacent to an activating group) is 1. The molecule has 0 radical (unpaired) electrons. The molecule has 1 aromatic heterocycles. The minimum atomic E-state index is -0.433. The lowest BCUT2D eigenvalue weighted by atomic mass is 10.2. The average molecular weight is 250 g/mol. The maximum absolute atomic E-state index is 11.9. The van der Waals surface area contributed by atoms with E-state index < -0.39 is 6.10 Å². The Balaban J connectivity index is 2.09. The van der Waals surface area contributed by atoms with Gasteiger partial charge in [-0.1, -0.05) is 0 Å². The fraction of sp³-hybridized carbons (Fsp3) is 0.583. The van der Waals surface area contributed by atoms with Crippen LogP contribution in [0.25, 0.3) is 0 Å². The van der Waals surface area contributed by atoms with E-state index in [0.29, 0.717) is 25.6 Å². The Kier molecular flexibility index (Phi) is 3.76. The van der Waals surface area contributed by atoms with Gasteiger partial charge in [0.25, 0.3) is 5.91 Å². The SMILES string of the molecule is Cc1ccnc(N2CCOC(C(=O)N(C)C)C2)n1. The van der Waals surface area contributed by atoms with Crippen molar-refractivity contribution in [2.24, 2.45) is 0 Å². The number of morpholine rings is 1. The summed E-state index contributed by atoms with van der Waals surface area (Å²) in [4.78, 5) is 24.0. The number of carbonyl (C=O) groups is 1. The number of carbonyl (C=O) groups excluding carboxylic acids is 1. The zero-order valence-corrected chi connectivity index (χ0v) is 11.0. The molecule has 0 saturated carbocycles. The van der Waals surface area contributed by atoms with Gasteiger partial charge in [-0.2, -0.15) is 0 Å². The molecule has 6 heteroatoms. The van der Waals surface area contributed by atoms with Crippen LogP contribution in [0.5, 0.6) is 0 Å². The van der Waals surface area contributed by atoms with Crippen LogP contribution in [0.3, 0.4) is 0 Å². The van der Waals surface area contributed by atoms with E-state index in [1.807, 2.05) is 17.9 Å². The van der Waals surface area contributed by atoms with Gasteiger partial charge in [-0.05, 0) is 13.0 Å². The van der Waals surface area contributed by atoms with E-state index in [2.05, 4.69) is 9.97 Å². The van der Waals surface area contributed by atoms with Crippen molar-refractivity contribution < 1.29 is 9.53 Å². The minimum absolute atomic E-state index is 0.0210. The van der Waals surface area contributed by atoms with Crippen molar-refractivity contribution in [2.45, 2.75) is 13.0 Å². The maximum Gasteiger partial charge on any atom is 0.253 e. The number of aromatic nitrogens is 2. The Labute approximate surface area is 107 Å². The predicted molar refractivity (Wildman–Crippen MR) is 67.4 cm³/mol. The molecule has 0 spiro atoms. The van der Waals surface area contributed by atoms with Gasteiger partial charge < -0.3 is 14.5 Å². The molecule has 18 heavy (non-hydrogen) atoms. The van der Waals surface area contributed by atoms with E-state index in [-0.39, 0.29) is 5.91 Å². The van der Waals surface area contributed by atoms with Crippen LogP contribution >= 0.6 is 0 Å².